The van der Waals surface area contributed by atoms with Crippen LogP contribution in [-0.4, -0.2) is 60.9 Å². The Balaban J connectivity index is 1.62. The number of aromatic nitrogens is 1. The van der Waals surface area contributed by atoms with Crippen LogP contribution in [0.4, 0.5) is 11.7 Å². The molecule has 3 rings (SSSR count). The summed E-state index contributed by atoms with van der Waals surface area (Å²) in [7, 11) is 0. The monoisotopic (exact) mass is 430 g/mol. The summed E-state index contributed by atoms with van der Waals surface area (Å²) in [4.78, 5) is 31.5. The first-order valence-electron chi connectivity index (χ1n) is 10.6. The van der Waals surface area contributed by atoms with Crippen molar-refractivity contribution in [1.82, 2.24) is 10.3 Å². The Kier molecular flexibility index (Phi) is 8.02. The number of nitrogens with zero attached hydrogens (tertiary/aromatic N) is 2. The zero-order valence-corrected chi connectivity index (χ0v) is 18.0. The van der Waals surface area contributed by atoms with Gasteiger partial charge in [-0.25, -0.2) is 0 Å². The molecule has 0 aliphatic carbocycles. The lowest BCUT2D eigenvalue weighted by Gasteiger charge is -2.30. The molecule has 3 N–H and O–H groups in total. The van der Waals surface area contributed by atoms with E-state index in [-0.39, 0.29) is 30.2 Å². The molecule has 1 aromatic carbocycles. The van der Waals surface area contributed by atoms with Crippen molar-refractivity contribution in [2.75, 3.05) is 43.1 Å². The summed E-state index contributed by atoms with van der Waals surface area (Å²) in [6.45, 7) is 6.34. The van der Waals surface area contributed by atoms with E-state index in [4.69, 9.17) is 14.3 Å². The molecule has 1 atom stereocenters. The molecule has 1 saturated heterocycles. The van der Waals surface area contributed by atoms with E-state index in [1.165, 1.54) is 6.26 Å². The van der Waals surface area contributed by atoms with Crippen LogP contribution in [-0.2, 0) is 4.74 Å². The standard InChI is InChI=1S/C22H30N4O5/c1-3-30-16-8-10-26(11-9-16)22-25-19(14-31-22)21(29)24-18-7-5-4-6-17(18)20(28)23-12-15(2)13-27/h4-7,14-16,27H,3,8-13H2,1-2H3,(H,23,28)(H,24,29). The van der Waals surface area contributed by atoms with Crippen LogP contribution in [0.2, 0.25) is 0 Å². The van der Waals surface area contributed by atoms with E-state index < -0.39 is 5.91 Å². The van der Waals surface area contributed by atoms with Gasteiger partial charge in [0.05, 0.1) is 17.4 Å². The normalized spacial score (nSPS) is 15.5. The summed E-state index contributed by atoms with van der Waals surface area (Å²) < 4.78 is 11.2. The summed E-state index contributed by atoms with van der Waals surface area (Å²) in [5.74, 6) is -0.838. The number of rotatable bonds is 9. The average molecular weight is 431 g/mol. The van der Waals surface area contributed by atoms with E-state index in [0.29, 0.717) is 30.4 Å². The van der Waals surface area contributed by atoms with Gasteiger partial charge in [0.25, 0.3) is 17.8 Å². The largest absolute Gasteiger partial charge is 0.431 e. The molecule has 9 nitrogen and oxygen atoms in total. The number of carbonyl (C=O) groups excluding carboxylic acids is 2. The van der Waals surface area contributed by atoms with E-state index in [2.05, 4.69) is 15.6 Å². The van der Waals surface area contributed by atoms with Gasteiger partial charge < -0.3 is 29.8 Å². The molecule has 1 unspecified atom stereocenters. The van der Waals surface area contributed by atoms with E-state index >= 15 is 0 Å². The Morgan fingerprint density at radius 1 is 1.29 bits per heavy atom. The number of aliphatic hydroxyl groups is 1. The first kappa shape index (κ1) is 22.8. The number of anilines is 2. The summed E-state index contributed by atoms with van der Waals surface area (Å²) in [6, 6.07) is 7.15. The lowest BCUT2D eigenvalue weighted by molar-refractivity contribution is 0.0453. The summed E-state index contributed by atoms with van der Waals surface area (Å²) in [6.07, 6.45) is 3.34. The minimum atomic E-state index is -0.455. The second-order valence-corrected chi connectivity index (χ2v) is 7.65. The van der Waals surface area contributed by atoms with Gasteiger partial charge in [-0.2, -0.15) is 4.98 Å². The average Bonchev–Trinajstić information content (AvgIpc) is 3.29. The van der Waals surface area contributed by atoms with Crippen molar-refractivity contribution in [1.29, 1.82) is 0 Å². The smallest absolute Gasteiger partial charge is 0.297 e. The number of aliphatic hydroxyl groups excluding tert-OH is 1. The number of piperidine rings is 1. The highest BCUT2D eigenvalue weighted by Crippen LogP contribution is 2.22. The third-order valence-corrected chi connectivity index (χ3v) is 5.18. The number of para-hydroxylation sites is 1. The Morgan fingerprint density at radius 3 is 2.74 bits per heavy atom. The van der Waals surface area contributed by atoms with E-state index in [0.717, 1.165) is 25.9 Å². The van der Waals surface area contributed by atoms with Gasteiger partial charge in [0.15, 0.2) is 5.69 Å². The van der Waals surface area contributed by atoms with Gasteiger partial charge in [-0.3, -0.25) is 9.59 Å². The second kappa shape index (κ2) is 10.9. The van der Waals surface area contributed by atoms with Crippen LogP contribution in [0.15, 0.2) is 34.9 Å². The fraction of sp³-hybridized carbons (Fsp3) is 0.500. The predicted octanol–water partition coefficient (Wildman–Crippen LogP) is 2.29. The minimum absolute atomic E-state index is 0.0174. The van der Waals surface area contributed by atoms with E-state index in [9.17, 15) is 9.59 Å². The SMILES string of the molecule is CCOC1CCN(c2nc(C(=O)Nc3ccccc3C(=O)NCC(C)CO)co2)CC1. The van der Waals surface area contributed by atoms with Crippen LogP contribution in [0.25, 0.3) is 0 Å². The summed E-state index contributed by atoms with van der Waals surface area (Å²) in [5, 5.41) is 14.6. The number of benzene rings is 1. The maximum absolute atomic E-state index is 12.7. The molecule has 9 heteroatoms. The molecule has 168 valence electrons. The highest BCUT2D eigenvalue weighted by molar-refractivity contribution is 6.08. The lowest BCUT2D eigenvalue weighted by Crippen LogP contribution is -2.37. The Labute approximate surface area is 181 Å². The predicted molar refractivity (Wildman–Crippen MR) is 116 cm³/mol. The van der Waals surface area contributed by atoms with Gasteiger partial charge in [-0.05, 0) is 37.8 Å². The van der Waals surface area contributed by atoms with E-state index in [1.807, 2.05) is 18.7 Å². The lowest BCUT2D eigenvalue weighted by atomic mass is 10.1. The molecule has 1 aromatic heterocycles. The molecule has 0 spiro atoms. The van der Waals surface area contributed by atoms with Crippen molar-refractivity contribution >= 4 is 23.5 Å². The van der Waals surface area contributed by atoms with Crippen LogP contribution >= 0.6 is 0 Å². The fourth-order valence-corrected chi connectivity index (χ4v) is 3.37. The number of hydrogen-bond donors (Lipinski definition) is 3. The molecule has 0 bridgehead atoms. The Morgan fingerprint density at radius 2 is 2.03 bits per heavy atom. The summed E-state index contributed by atoms with van der Waals surface area (Å²) >= 11 is 0. The van der Waals surface area contributed by atoms with Gasteiger partial charge >= 0.3 is 0 Å². The Bertz CT molecular complexity index is 876. The molecule has 1 aliphatic rings. The number of ether oxygens (including phenoxy) is 1. The Hall–Kier alpha value is -2.91. The van der Waals surface area contributed by atoms with Crippen molar-refractivity contribution in [3.05, 3.63) is 41.8 Å². The summed E-state index contributed by atoms with van der Waals surface area (Å²) in [5.41, 5.74) is 0.859. The molecule has 2 heterocycles. The van der Waals surface area contributed by atoms with Gasteiger partial charge in [0.1, 0.15) is 6.26 Å². The first-order valence-corrected chi connectivity index (χ1v) is 10.6. The molecular formula is C22H30N4O5. The van der Waals surface area contributed by atoms with Crippen LogP contribution in [0.3, 0.4) is 0 Å². The highest BCUT2D eigenvalue weighted by Gasteiger charge is 2.24. The molecule has 0 radical (unpaired) electrons. The number of carbonyl (C=O) groups is 2. The number of amides is 2. The van der Waals surface area contributed by atoms with Crippen LogP contribution in [0.5, 0.6) is 0 Å². The molecule has 1 fully saturated rings. The van der Waals surface area contributed by atoms with Gasteiger partial charge in [0.2, 0.25) is 0 Å². The number of oxazole rings is 1. The third kappa shape index (κ3) is 6.05. The number of hydrogen-bond acceptors (Lipinski definition) is 7. The highest BCUT2D eigenvalue weighted by atomic mass is 16.5. The second-order valence-electron chi connectivity index (χ2n) is 7.65. The zero-order chi connectivity index (χ0) is 22.2. The van der Waals surface area contributed by atoms with Crippen molar-refractivity contribution < 1.29 is 23.8 Å². The zero-order valence-electron chi connectivity index (χ0n) is 18.0. The van der Waals surface area contributed by atoms with Gasteiger partial charge in [0, 0.05) is 32.8 Å². The molecule has 2 amide bonds. The van der Waals surface area contributed by atoms with Gasteiger partial charge in [-0.1, -0.05) is 19.1 Å². The van der Waals surface area contributed by atoms with Crippen molar-refractivity contribution in [2.45, 2.75) is 32.8 Å². The molecule has 31 heavy (non-hydrogen) atoms. The first-order chi connectivity index (χ1) is 15.0. The molecular weight excluding hydrogens is 400 g/mol. The van der Waals surface area contributed by atoms with E-state index in [1.54, 1.807) is 24.3 Å². The molecule has 2 aromatic rings. The van der Waals surface area contributed by atoms with Crippen molar-refractivity contribution in [2.24, 2.45) is 5.92 Å². The molecule has 1 aliphatic heterocycles. The fourth-order valence-electron chi connectivity index (χ4n) is 3.37. The molecule has 0 saturated carbocycles. The maximum Gasteiger partial charge on any atom is 0.297 e. The quantitative estimate of drug-likeness (QED) is 0.559. The minimum Gasteiger partial charge on any atom is -0.431 e. The van der Waals surface area contributed by atoms with Crippen LogP contribution in [0.1, 0.15) is 47.5 Å². The number of nitrogens with one attached hydrogen (secondary N) is 2. The maximum atomic E-state index is 12.7. The van der Waals surface area contributed by atoms with Crippen LogP contribution < -0.4 is 15.5 Å². The van der Waals surface area contributed by atoms with Gasteiger partial charge in [-0.15, -0.1) is 0 Å². The third-order valence-electron chi connectivity index (χ3n) is 5.18. The van der Waals surface area contributed by atoms with Crippen LogP contribution in [0, 0.1) is 5.92 Å². The topological polar surface area (TPSA) is 117 Å². The van der Waals surface area contributed by atoms with Crippen molar-refractivity contribution in [3.63, 3.8) is 0 Å². The van der Waals surface area contributed by atoms with Crippen molar-refractivity contribution in [3.8, 4) is 0 Å².